The fraction of sp³-hybridized carbons (Fsp3) is 0.0625. The Kier molecular flexibility index (Phi) is 11.0. The number of hydrogen-bond acceptors (Lipinski definition) is 5. The molecule has 0 unspecified atom stereocenters. The van der Waals surface area contributed by atoms with Gasteiger partial charge in [-0.3, -0.25) is 19.2 Å². The Morgan fingerprint density at radius 2 is 1.42 bits per heavy atom. The Morgan fingerprint density at radius 3 is 2.12 bits per heavy atom. The van der Waals surface area contributed by atoms with Gasteiger partial charge in [0.2, 0.25) is 11.8 Å². The van der Waals surface area contributed by atoms with Crippen molar-refractivity contribution in [3.8, 4) is 0 Å². The van der Waals surface area contributed by atoms with Gasteiger partial charge < -0.3 is 21.3 Å². The average molecular weight is 634 g/mol. The van der Waals surface area contributed by atoms with E-state index in [1.807, 2.05) is 6.07 Å². The highest BCUT2D eigenvalue weighted by molar-refractivity contribution is 8.00. The summed E-state index contributed by atoms with van der Waals surface area (Å²) in [6, 6.07) is 27.2. The largest absolute Gasteiger partial charge is 0.326 e. The molecular formula is C32H26Cl2N4O4S. The molecule has 4 aromatic rings. The Hall–Kier alpha value is -4.57. The van der Waals surface area contributed by atoms with Crippen LogP contribution in [-0.4, -0.2) is 29.4 Å². The summed E-state index contributed by atoms with van der Waals surface area (Å²) >= 11 is 13.8. The number of benzene rings is 4. The third-order valence-electron chi connectivity index (χ3n) is 5.76. The Bertz CT molecular complexity index is 1680. The van der Waals surface area contributed by atoms with Crippen molar-refractivity contribution in [2.24, 2.45) is 0 Å². The van der Waals surface area contributed by atoms with E-state index in [4.69, 9.17) is 23.2 Å². The fourth-order valence-electron chi connectivity index (χ4n) is 3.78. The fourth-order valence-corrected chi connectivity index (χ4v) is 4.90. The number of carbonyl (C=O) groups is 4. The maximum atomic E-state index is 13.4. The molecule has 4 amide bonds. The highest BCUT2D eigenvalue weighted by Crippen LogP contribution is 2.28. The van der Waals surface area contributed by atoms with Crippen molar-refractivity contribution in [3.05, 3.63) is 124 Å². The first kappa shape index (κ1) is 31.4. The summed E-state index contributed by atoms with van der Waals surface area (Å²) < 4.78 is 0. The monoisotopic (exact) mass is 632 g/mol. The first-order chi connectivity index (χ1) is 20.7. The topological polar surface area (TPSA) is 116 Å². The number of nitrogens with one attached hydrogen (secondary N) is 4. The zero-order chi connectivity index (χ0) is 30.8. The number of halogens is 2. The molecule has 4 rings (SSSR count). The minimum Gasteiger partial charge on any atom is -0.326 e. The minimum atomic E-state index is -0.581. The minimum absolute atomic E-state index is 0.0417. The predicted octanol–water partition coefficient (Wildman–Crippen LogP) is 7.09. The molecule has 0 heterocycles. The van der Waals surface area contributed by atoms with Gasteiger partial charge in [0.25, 0.3) is 11.8 Å². The molecule has 0 aromatic heterocycles. The van der Waals surface area contributed by atoms with E-state index in [9.17, 15) is 19.2 Å². The Balaban J connectivity index is 1.43. The summed E-state index contributed by atoms with van der Waals surface area (Å²) in [7, 11) is 0. The first-order valence-corrected chi connectivity index (χ1v) is 14.7. The Morgan fingerprint density at radius 1 is 0.744 bits per heavy atom. The maximum Gasteiger partial charge on any atom is 0.272 e. The molecule has 43 heavy (non-hydrogen) atoms. The molecule has 8 nitrogen and oxygen atoms in total. The van der Waals surface area contributed by atoms with Crippen LogP contribution in [0.1, 0.15) is 22.8 Å². The first-order valence-electron chi connectivity index (χ1n) is 12.9. The maximum absolute atomic E-state index is 13.4. The van der Waals surface area contributed by atoms with Gasteiger partial charge in [0.15, 0.2) is 0 Å². The lowest BCUT2D eigenvalue weighted by molar-refractivity contribution is -0.114. The molecule has 0 atom stereocenters. The third kappa shape index (κ3) is 9.47. The van der Waals surface area contributed by atoms with Crippen LogP contribution in [0, 0.1) is 0 Å². The van der Waals surface area contributed by atoms with Gasteiger partial charge in [-0.25, -0.2) is 0 Å². The normalized spacial score (nSPS) is 10.9. The summed E-state index contributed by atoms with van der Waals surface area (Å²) in [4.78, 5) is 50.7. The van der Waals surface area contributed by atoms with Crippen molar-refractivity contribution in [1.82, 2.24) is 5.32 Å². The van der Waals surface area contributed by atoms with E-state index in [-0.39, 0.29) is 28.3 Å². The summed E-state index contributed by atoms with van der Waals surface area (Å²) in [5.41, 5.74) is 2.47. The van der Waals surface area contributed by atoms with Crippen LogP contribution < -0.4 is 21.3 Å². The van der Waals surface area contributed by atoms with Gasteiger partial charge in [0.05, 0.1) is 15.8 Å². The number of hydrogen-bond donors (Lipinski definition) is 4. The molecule has 4 aromatic carbocycles. The van der Waals surface area contributed by atoms with Crippen LogP contribution in [0.5, 0.6) is 0 Å². The molecule has 218 valence electrons. The molecule has 0 aliphatic heterocycles. The molecule has 0 aliphatic rings. The van der Waals surface area contributed by atoms with Crippen LogP contribution >= 0.6 is 35.0 Å². The van der Waals surface area contributed by atoms with Gasteiger partial charge in [-0.15, -0.1) is 11.8 Å². The van der Waals surface area contributed by atoms with E-state index in [0.717, 1.165) is 4.90 Å². The molecule has 0 saturated carbocycles. The highest BCUT2D eigenvalue weighted by Gasteiger charge is 2.17. The number of rotatable bonds is 10. The molecule has 0 aliphatic carbocycles. The second-order valence-electron chi connectivity index (χ2n) is 9.10. The van der Waals surface area contributed by atoms with Crippen molar-refractivity contribution in [1.29, 1.82) is 0 Å². The predicted molar refractivity (Wildman–Crippen MR) is 174 cm³/mol. The zero-order valence-corrected chi connectivity index (χ0v) is 25.1. The van der Waals surface area contributed by atoms with Crippen LogP contribution in [0.3, 0.4) is 0 Å². The standard InChI is InChI=1S/C32H26Cl2N4O4S/c1-20(39)35-23-13-15-24(16-14-23)36-29(40)19-43-26-11-6-10-25(18-26)37-32(42)28(17-22-9-5-12-27(33)30(22)34)38-31(41)21-7-3-2-4-8-21/h2-18H,19H2,1H3,(H,35,39)(H,36,40)(H,37,42)(H,38,41)/b28-17+. The molecule has 0 saturated heterocycles. The molecule has 11 heteroatoms. The molecular weight excluding hydrogens is 607 g/mol. The smallest absolute Gasteiger partial charge is 0.272 e. The summed E-state index contributed by atoms with van der Waals surface area (Å²) in [5, 5.41) is 11.5. The van der Waals surface area contributed by atoms with E-state index >= 15 is 0 Å². The molecule has 0 radical (unpaired) electrons. The Labute approximate surface area is 262 Å². The van der Waals surface area contributed by atoms with Gasteiger partial charge >= 0.3 is 0 Å². The number of carbonyl (C=O) groups excluding carboxylic acids is 4. The van der Waals surface area contributed by atoms with Crippen LogP contribution in [0.15, 0.2) is 108 Å². The lowest BCUT2D eigenvalue weighted by atomic mass is 10.1. The number of amides is 4. The zero-order valence-electron chi connectivity index (χ0n) is 22.8. The molecule has 0 bridgehead atoms. The quantitative estimate of drug-likeness (QED) is 0.110. The second kappa shape index (κ2) is 15.1. The SMILES string of the molecule is CC(=O)Nc1ccc(NC(=O)CSc2cccc(NC(=O)/C(=C\c3cccc(Cl)c3Cl)NC(=O)c3ccccc3)c2)cc1. The van der Waals surface area contributed by atoms with E-state index in [1.54, 1.807) is 91.0 Å². The number of anilines is 3. The highest BCUT2D eigenvalue weighted by atomic mass is 35.5. The lowest BCUT2D eigenvalue weighted by Gasteiger charge is -2.13. The average Bonchev–Trinajstić information content (AvgIpc) is 2.99. The van der Waals surface area contributed by atoms with E-state index in [1.165, 1.54) is 24.8 Å². The van der Waals surface area contributed by atoms with Crippen LogP contribution in [-0.2, 0) is 14.4 Å². The third-order valence-corrected chi connectivity index (χ3v) is 7.59. The lowest BCUT2D eigenvalue weighted by Crippen LogP contribution is -2.30. The van der Waals surface area contributed by atoms with Crippen molar-refractivity contribution >= 4 is 81.7 Å². The summed E-state index contributed by atoms with van der Waals surface area (Å²) in [5.74, 6) is -1.33. The van der Waals surface area contributed by atoms with Gasteiger partial charge in [-0.05, 0) is 72.3 Å². The van der Waals surface area contributed by atoms with Crippen molar-refractivity contribution in [3.63, 3.8) is 0 Å². The van der Waals surface area contributed by atoms with E-state index in [2.05, 4.69) is 21.3 Å². The second-order valence-corrected chi connectivity index (χ2v) is 10.9. The van der Waals surface area contributed by atoms with Crippen LogP contribution in [0.4, 0.5) is 17.1 Å². The van der Waals surface area contributed by atoms with Crippen LogP contribution in [0.2, 0.25) is 10.0 Å². The summed E-state index contributed by atoms with van der Waals surface area (Å²) in [6.07, 6.45) is 1.45. The van der Waals surface area contributed by atoms with Gasteiger partial charge in [-0.1, -0.05) is 59.6 Å². The molecule has 0 spiro atoms. The molecule has 4 N–H and O–H groups in total. The van der Waals surface area contributed by atoms with Gasteiger partial charge in [-0.2, -0.15) is 0 Å². The van der Waals surface area contributed by atoms with Crippen molar-refractivity contribution < 1.29 is 19.2 Å². The van der Waals surface area contributed by atoms with Crippen molar-refractivity contribution in [2.75, 3.05) is 21.7 Å². The van der Waals surface area contributed by atoms with E-state index in [0.29, 0.717) is 33.2 Å². The van der Waals surface area contributed by atoms with Gasteiger partial charge in [0.1, 0.15) is 5.70 Å². The molecule has 0 fully saturated rings. The number of thioether (sulfide) groups is 1. The van der Waals surface area contributed by atoms with Crippen LogP contribution in [0.25, 0.3) is 6.08 Å². The van der Waals surface area contributed by atoms with E-state index < -0.39 is 11.8 Å². The van der Waals surface area contributed by atoms with Gasteiger partial charge in [0, 0.05) is 34.4 Å². The summed E-state index contributed by atoms with van der Waals surface area (Å²) in [6.45, 7) is 1.42. The van der Waals surface area contributed by atoms with Crippen molar-refractivity contribution in [2.45, 2.75) is 11.8 Å².